The Bertz CT molecular complexity index is 1250. The molecule has 0 aliphatic rings. The van der Waals surface area contributed by atoms with Crippen LogP contribution in [0.2, 0.25) is 0 Å². The smallest absolute Gasteiger partial charge is 0.345 e. The fourth-order valence-corrected chi connectivity index (χ4v) is 3.08. The van der Waals surface area contributed by atoms with Crippen LogP contribution in [0.3, 0.4) is 0 Å². The molecule has 5 aromatic rings. The zero-order valence-electron chi connectivity index (χ0n) is 11.5. The summed E-state index contributed by atoms with van der Waals surface area (Å²) in [6, 6.07) is 15.4. The van der Waals surface area contributed by atoms with E-state index in [9.17, 15) is 4.79 Å². The van der Waals surface area contributed by atoms with Crippen molar-refractivity contribution in [1.82, 2.24) is 9.97 Å². The number of hydrogen-bond acceptors (Lipinski definition) is 3. The molecule has 4 heteroatoms. The van der Waals surface area contributed by atoms with Gasteiger partial charge < -0.3 is 9.40 Å². The standard InChI is InChI=1S/C18H10N2O2/c21-18-13-9-12-10-7-8-19-14(10)5-6-15(12)20-17(13)11-3-1-2-4-16(11)22-18/h1-9,20H. The van der Waals surface area contributed by atoms with Crippen LogP contribution >= 0.6 is 0 Å². The maximum atomic E-state index is 12.3. The molecule has 2 aromatic carbocycles. The molecular formula is C18H10N2O2. The monoisotopic (exact) mass is 286 g/mol. The summed E-state index contributed by atoms with van der Waals surface area (Å²) < 4.78 is 5.43. The van der Waals surface area contributed by atoms with E-state index in [0.29, 0.717) is 11.0 Å². The van der Waals surface area contributed by atoms with Crippen LogP contribution in [-0.4, -0.2) is 9.97 Å². The van der Waals surface area contributed by atoms with Crippen LogP contribution in [0.4, 0.5) is 0 Å². The van der Waals surface area contributed by atoms with Crippen LogP contribution in [0.1, 0.15) is 0 Å². The molecule has 4 nitrogen and oxygen atoms in total. The summed E-state index contributed by atoms with van der Waals surface area (Å²) in [7, 11) is 0. The van der Waals surface area contributed by atoms with E-state index in [4.69, 9.17) is 4.42 Å². The van der Waals surface area contributed by atoms with Crippen molar-refractivity contribution in [3.8, 4) is 0 Å². The average molecular weight is 286 g/mol. The van der Waals surface area contributed by atoms with Crippen molar-refractivity contribution in [2.45, 2.75) is 0 Å². The van der Waals surface area contributed by atoms with Crippen LogP contribution in [0.15, 0.2) is 63.9 Å². The van der Waals surface area contributed by atoms with E-state index in [1.54, 1.807) is 12.3 Å². The van der Waals surface area contributed by atoms with Crippen LogP contribution in [0.25, 0.3) is 43.7 Å². The molecule has 0 atom stereocenters. The van der Waals surface area contributed by atoms with Gasteiger partial charge in [0.15, 0.2) is 0 Å². The van der Waals surface area contributed by atoms with Crippen molar-refractivity contribution in [3.05, 3.63) is 65.1 Å². The number of benzene rings is 2. The number of aromatic nitrogens is 2. The van der Waals surface area contributed by atoms with Gasteiger partial charge in [-0.15, -0.1) is 0 Å². The van der Waals surface area contributed by atoms with Crippen LogP contribution in [0.5, 0.6) is 0 Å². The first-order chi connectivity index (χ1) is 10.8. The summed E-state index contributed by atoms with van der Waals surface area (Å²) in [5, 5.41) is 3.47. The van der Waals surface area contributed by atoms with Crippen molar-refractivity contribution in [1.29, 1.82) is 0 Å². The Kier molecular flexibility index (Phi) is 2.07. The quantitative estimate of drug-likeness (QED) is 0.266. The van der Waals surface area contributed by atoms with Crippen molar-refractivity contribution >= 4 is 43.7 Å². The molecule has 104 valence electrons. The van der Waals surface area contributed by atoms with E-state index in [2.05, 4.69) is 9.97 Å². The van der Waals surface area contributed by atoms with Crippen LogP contribution in [-0.2, 0) is 0 Å². The summed E-state index contributed by atoms with van der Waals surface area (Å²) in [6.07, 6.45) is 1.77. The predicted octanol–water partition coefficient (Wildman–Crippen LogP) is 3.98. The Morgan fingerprint density at radius 2 is 1.82 bits per heavy atom. The second-order valence-corrected chi connectivity index (χ2v) is 5.35. The minimum Gasteiger partial charge on any atom is -0.422 e. The van der Waals surface area contributed by atoms with Gasteiger partial charge in [-0.3, -0.25) is 4.98 Å². The minimum atomic E-state index is -0.330. The molecule has 0 saturated heterocycles. The van der Waals surface area contributed by atoms with E-state index >= 15 is 0 Å². The second-order valence-electron chi connectivity index (χ2n) is 5.35. The lowest BCUT2D eigenvalue weighted by Crippen LogP contribution is -2.01. The second kappa shape index (κ2) is 3.95. The molecule has 0 saturated carbocycles. The van der Waals surface area contributed by atoms with E-state index in [1.165, 1.54) is 0 Å². The van der Waals surface area contributed by atoms with Gasteiger partial charge in [-0.2, -0.15) is 0 Å². The Morgan fingerprint density at radius 3 is 2.77 bits per heavy atom. The number of aromatic amines is 1. The molecule has 0 radical (unpaired) electrons. The number of rotatable bonds is 0. The maximum absolute atomic E-state index is 12.3. The number of hydrogen-bond donors (Lipinski definition) is 1. The van der Waals surface area contributed by atoms with E-state index < -0.39 is 0 Å². The number of H-pyrrole nitrogens is 1. The fourth-order valence-electron chi connectivity index (χ4n) is 3.08. The molecular weight excluding hydrogens is 276 g/mol. The van der Waals surface area contributed by atoms with Crippen LogP contribution < -0.4 is 5.63 Å². The van der Waals surface area contributed by atoms with E-state index in [-0.39, 0.29) is 5.63 Å². The summed E-state index contributed by atoms with van der Waals surface area (Å²) >= 11 is 0. The lowest BCUT2D eigenvalue weighted by atomic mass is 10.1. The Balaban J connectivity index is 2.10. The molecule has 5 rings (SSSR count). The SMILES string of the molecule is O=c1oc2ccccc2c2[nH]c3ccc4nccc4c3cc12. The molecule has 0 spiro atoms. The highest BCUT2D eigenvalue weighted by atomic mass is 16.4. The number of pyridine rings is 1. The van der Waals surface area contributed by atoms with Crippen molar-refractivity contribution in [2.24, 2.45) is 0 Å². The van der Waals surface area contributed by atoms with Gasteiger partial charge in [-0.25, -0.2) is 4.79 Å². The van der Waals surface area contributed by atoms with Gasteiger partial charge >= 0.3 is 5.63 Å². The summed E-state index contributed by atoms with van der Waals surface area (Å²) in [5.41, 5.74) is 2.96. The van der Waals surface area contributed by atoms with Crippen LogP contribution in [0, 0.1) is 0 Å². The number of fused-ring (bicyclic) bond motifs is 6. The predicted molar refractivity (Wildman–Crippen MR) is 87.1 cm³/mol. The van der Waals surface area contributed by atoms with Gasteiger partial charge in [0.2, 0.25) is 0 Å². The maximum Gasteiger partial charge on any atom is 0.345 e. The van der Waals surface area contributed by atoms with Crippen molar-refractivity contribution < 1.29 is 4.42 Å². The van der Waals surface area contributed by atoms with Gasteiger partial charge in [0.1, 0.15) is 5.58 Å². The molecule has 0 bridgehead atoms. The van der Waals surface area contributed by atoms with Gasteiger partial charge in [0, 0.05) is 27.9 Å². The highest BCUT2D eigenvalue weighted by Gasteiger charge is 2.10. The first kappa shape index (κ1) is 11.5. The summed E-state index contributed by atoms with van der Waals surface area (Å²) in [5.74, 6) is 0. The highest BCUT2D eigenvalue weighted by molar-refractivity contribution is 6.12. The number of nitrogens with one attached hydrogen (secondary N) is 1. The number of para-hydroxylation sites is 1. The Labute approximate surface area is 124 Å². The summed E-state index contributed by atoms with van der Waals surface area (Å²) in [4.78, 5) is 20.0. The normalized spacial score (nSPS) is 11.8. The zero-order valence-corrected chi connectivity index (χ0v) is 11.5. The molecule has 0 aliphatic carbocycles. The van der Waals surface area contributed by atoms with E-state index in [0.717, 1.165) is 32.7 Å². The lowest BCUT2D eigenvalue weighted by molar-refractivity contribution is 0.569. The third kappa shape index (κ3) is 1.41. The van der Waals surface area contributed by atoms with Gasteiger partial charge in [-0.1, -0.05) is 12.1 Å². The molecule has 0 fully saturated rings. The van der Waals surface area contributed by atoms with Crippen molar-refractivity contribution in [2.75, 3.05) is 0 Å². The zero-order chi connectivity index (χ0) is 14.7. The molecule has 3 heterocycles. The molecule has 3 aromatic heterocycles. The average Bonchev–Trinajstić information content (AvgIpc) is 3.03. The molecule has 0 aliphatic heterocycles. The first-order valence-electron chi connectivity index (χ1n) is 7.03. The first-order valence-corrected chi connectivity index (χ1v) is 7.03. The van der Waals surface area contributed by atoms with E-state index in [1.807, 2.05) is 42.5 Å². The molecule has 1 N–H and O–H groups in total. The fraction of sp³-hybridized carbons (Fsp3) is 0. The largest absolute Gasteiger partial charge is 0.422 e. The molecule has 0 unspecified atom stereocenters. The lowest BCUT2D eigenvalue weighted by Gasteiger charge is -2.06. The van der Waals surface area contributed by atoms with Gasteiger partial charge in [-0.05, 0) is 36.4 Å². The van der Waals surface area contributed by atoms with Gasteiger partial charge in [0.25, 0.3) is 0 Å². The van der Waals surface area contributed by atoms with Crippen molar-refractivity contribution in [3.63, 3.8) is 0 Å². The third-order valence-corrected chi connectivity index (χ3v) is 4.12. The minimum absolute atomic E-state index is 0.330. The number of nitrogens with zero attached hydrogens (tertiary/aromatic N) is 1. The molecule has 0 amide bonds. The highest BCUT2D eigenvalue weighted by Crippen LogP contribution is 2.28. The molecule has 22 heavy (non-hydrogen) atoms. The summed E-state index contributed by atoms with van der Waals surface area (Å²) in [6.45, 7) is 0. The Hall–Kier alpha value is -3.14. The van der Waals surface area contributed by atoms with Gasteiger partial charge in [0.05, 0.1) is 16.4 Å². The topological polar surface area (TPSA) is 58.9 Å². The Morgan fingerprint density at radius 1 is 0.909 bits per heavy atom. The third-order valence-electron chi connectivity index (χ3n) is 4.12.